The predicted octanol–water partition coefficient (Wildman–Crippen LogP) is 4.75. The molecule has 0 spiro atoms. The van der Waals surface area contributed by atoms with Gasteiger partial charge in [-0.1, -0.05) is 28.1 Å². The van der Waals surface area contributed by atoms with Gasteiger partial charge in [-0.2, -0.15) is 5.26 Å². The predicted molar refractivity (Wildman–Crippen MR) is 101 cm³/mol. The number of ether oxygens (including phenoxy) is 1. The van der Waals surface area contributed by atoms with Crippen LogP contribution in [0.15, 0.2) is 46.9 Å². The molecule has 1 unspecified atom stereocenters. The second-order valence-electron chi connectivity index (χ2n) is 6.28. The van der Waals surface area contributed by atoms with Gasteiger partial charge < -0.3 is 9.64 Å². The Morgan fingerprint density at radius 2 is 1.88 bits per heavy atom. The van der Waals surface area contributed by atoms with Gasteiger partial charge in [0.1, 0.15) is 17.0 Å². The molecule has 0 fully saturated rings. The largest absolute Gasteiger partial charge is 0.496 e. The van der Waals surface area contributed by atoms with Gasteiger partial charge in [0.15, 0.2) is 0 Å². The molecule has 0 amide bonds. The lowest BCUT2D eigenvalue weighted by Gasteiger charge is -2.30. The Bertz CT molecular complexity index is 755. The van der Waals surface area contributed by atoms with Crippen LogP contribution in [0.3, 0.4) is 0 Å². The summed E-state index contributed by atoms with van der Waals surface area (Å²) in [4.78, 5) is 2.09. The summed E-state index contributed by atoms with van der Waals surface area (Å²) in [5, 5.41) is 10.2. The number of nitrogens with zero attached hydrogens (tertiary/aromatic N) is 2. The number of hydrogen-bond acceptors (Lipinski definition) is 3. The summed E-state index contributed by atoms with van der Waals surface area (Å²) in [5.74, 6) is 0.337. The molecule has 0 aromatic heterocycles. The zero-order chi connectivity index (χ0) is 18.4. The lowest BCUT2D eigenvalue weighted by atomic mass is 9.72. The normalized spacial score (nSPS) is 13.3. The molecule has 2 rings (SSSR count). The lowest BCUT2D eigenvalue weighted by Crippen LogP contribution is -2.28. The van der Waals surface area contributed by atoms with Crippen molar-refractivity contribution < 1.29 is 9.13 Å². The maximum Gasteiger partial charge on any atom is 0.124 e. The van der Waals surface area contributed by atoms with E-state index in [-0.39, 0.29) is 5.82 Å². The van der Waals surface area contributed by atoms with Crippen molar-refractivity contribution in [2.24, 2.45) is 0 Å². The molecule has 2 aromatic rings. The van der Waals surface area contributed by atoms with Crippen LogP contribution in [0.25, 0.3) is 0 Å². The first kappa shape index (κ1) is 19.4. The third kappa shape index (κ3) is 4.39. The Morgan fingerprint density at radius 3 is 2.44 bits per heavy atom. The Balaban J connectivity index is 2.60. The molecule has 5 heteroatoms. The fourth-order valence-electron chi connectivity index (χ4n) is 3.02. The fourth-order valence-corrected chi connectivity index (χ4v) is 3.38. The third-order valence-electron chi connectivity index (χ3n) is 4.31. The molecule has 0 aliphatic carbocycles. The van der Waals surface area contributed by atoms with Gasteiger partial charge in [-0.3, -0.25) is 0 Å². The number of rotatable bonds is 7. The first-order valence-corrected chi connectivity index (χ1v) is 8.88. The average Bonchev–Trinajstić information content (AvgIpc) is 2.59. The molecule has 0 saturated heterocycles. The van der Waals surface area contributed by atoms with E-state index < -0.39 is 5.41 Å². The van der Waals surface area contributed by atoms with Crippen LogP contribution in [0, 0.1) is 17.1 Å². The summed E-state index contributed by atoms with van der Waals surface area (Å²) in [5.41, 5.74) is 0.655. The zero-order valence-corrected chi connectivity index (χ0v) is 16.3. The van der Waals surface area contributed by atoms with E-state index in [0.717, 1.165) is 28.6 Å². The molecular weight excluding hydrogens is 383 g/mol. The van der Waals surface area contributed by atoms with E-state index in [0.29, 0.717) is 12.2 Å². The maximum atomic E-state index is 13.4. The van der Waals surface area contributed by atoms with E-state index in [4.69, 9.17) is 4.74 Å². The van der Waals surface area contributed by atoms with Crippen molar-refractivity contribution in [3.05, 3.63) is 63.9 Å². The quantitative estimate of drug-likeness (QED) is 0.667. The van der Waals surface area contributed by atoms with E-state index in [2.05, 4.69) is 26.9 Å². The van der Waals surface area contributed by atoms with Crippen LogP contribution >= 0.6 is 15.9 Å². The van der Waals surface area contributed by atoms with E-state index in [9.17, 15) is 9.65 Å². The molecule has 2 aromatic carbocycles. The molecule has 0 radical (unpaired) electrons. The Kier molecular flexibility index (Phi) is 6.57. The van der Waals surface area contributed by atoms with Gasteiger partial charge in [-0.05, 0) is 69.4 Å². The number of halogens is 2. The minimum absolute atomic E-state index is 0.315. The monoisotopic (exact) mass is 404 g/mol. The van der Waals surface area contributed by atoms with Crippen molar-refractivity contribution in [1.82, 2.24) is 4.90 Å². The fraction of sp³-hybridized carbons (Fsp3) is 0.350. The highest BCUT2D eigenvalue weighted by Gasteiger charge is 2.37. The van der Waals surface area contributed by atoms with Crippen molar-refractivity contribution in [3.8, 4) is 11.8 Å². The highest BCUT2D eigenvalue weighted by atomic mass is 79.9. The van der Waals surface area contributed by atoms with Crippen molar-refractivity contribution in [2.75, 3.05) is 27.7 Å². The Hall–Kier alpha value is -1.90. The molecule has 25 heavy (non-hydrogen) atoms. The summed E-state index contributed by atoms with van der Waals surface area (Å²) in [6.45, 7) is 0.862. The zero-order valence-electron chi connectivity index (χ0n) is 14.7. The summed E-state index contributed by atoms with van der Waals surface area (Å²) in [6.07, 6.45) is 1.44. The smallest absolute Gasteiger partial charge is 0.124 e. The minimum atomic E-state index is -0.904. The molecule has 1 atom stereocenters. The van der Waals surface area contributed by atoms with Crippen molar-refractivity contribution >= 4 is 15.9 Å². The van der Waals surface area contributed by atoms with Gasteiger partial charge in [0, 0.05) is 10.0 Å². The molecule has 132 valence electrons. The number of nitriles is 1. The number of benzene rings is 2. The van der Waals surface area contributed by atoms with Gasteiger partial charge in [-0.25, -0.2) is 4.39 Å². The second kappa shape index (κ2) is 8.46. The Morgan fingerprint density at radius 1 is 1.20 bits per heavy atom. The van der Waals surface area contributed by atoms with E-state index in [1.807, 2.05) is 32.3 Å². The van der Waals surface area contributed by atoms with Crippen LogP contribution in [0.4, 0.5) is 4.39 Å². The van der Waals surface area contributed by atoms with Gasteiger partial charge in [0.2, 0.25) is 0 Å². The van der Waals surface area contributed by atoms with Crippen molar-refractivity contribution in [3.63, 3.8) is 0 Å². The molecule has 0 bridgehead atoms. The number of methoxy groups -OCH3 is 1. The lowest BCUT2D eigenvalue weighted by molar-refractivity contribution is 0.370. The van der Waals surface area contributed by atoms with E-state index in [1.54, 1.807) is 19.2 Å². The number of hydrogen-bond donors (Lipinski definition) is 0. The molecule has 0 aliphatic heterocycles. The molecule has 0 heterocycles. The highest BCUT2D eigenvalue weighted by molar-refractivity contribution is 9.10. The van der Waals surface area contributed by atoms with Gasteiger partial charge in [0.05, 0.1) is 13.2 Å². The molecular formula is C20H22BrFN2O. The molecule has 3 nitrogen and oxygen atoms in total. The Labute approximate surface area is 157 Å². The van der Waals surface area contributed by atoms with Crippen LogP contribution in [-0.2, 0) is 5.41 Å². The van der Waals surface area contributed by atoms with E-state index in [1.165, 1.54) is 12.1 Å². The maximum absolute atomic E-state index is 13.4. The van der Waals surface area contributed by atoms with Gasteiger partial charge in [0.25, 0.3) is 0 Å². The van der Waals surface area contributed by atoms with Crippen molar-refractivity contribution in [2.45, 2.75) is 18.3 Å². The van der Waals surface area contributed by atoms with Gasteiger partial charge >= 0.3 is 0 Å². The highest BCUT2D eigenvalue weighted by Crippen LogP contribution is 2.42. The summed E-state index contributed by atoms with van der Waals surface area (Å²) >= 11 is 3.49. The summed E-state index contributed by atoms with van der Waals surface area (Å²) in [7, 11) is 5.61. The van der Waals surface area contributed by atoms with Crippen LogP contribution in [-0.4, -0.2) is 32.6 Å². The van der Waals surface area contributed by atoms with Crippen molar-refractivity contribution in [1.29, 1.82) is 5.26 Å². The first-order valence-electron chi connectivity index (χ1n) is 8.09. The third-order valence-corrected chi connectivity index (χ3v) is 4.80. The average molecular weight is 405 g/mol. The van der Waals surface area contributed by atoms with Crippen LogP contribution < -0.4 is 4.74 Å². The van der Waals surface area contributed by atoms with Crippen LogP contribution in [0.5, 0.6) is 5.75 Å². The molecule has 0 saturated carbocycles. The summed E-state index contributed by atoms with van der Waals surface area (Å²) in [6, 6.07) is 14.3. The van der Waals surface area contributed by atoms with Crippen LogP contribution in [0.1, 0.15) is 24.0 Å². The second-order valence-corrected chi connectivity index (χ2v) is 7.19. The minimum Gasteiger partial charge on any atom is -0.496 e. The molecule has 0 N–H and O–H groups in total. The topological polar surface area (TPSA) is 36.3 Å². The van der Waals surface area contributed by atoms with E-state index >= 15 is 0 Å². The SMILES string of the molecule is COc1ccc(Br)cc1C(C#N)(CCCN(C)C)c1ccc(F)cc1. The standard InChI is InChI=1S/C20H22BrFN2O/c1-24(2)12-4-11-20(14-23,15-5-8-17(22)9-6-15)18-13-16(21)7-10-19(18)25-3/h5-10,13H,4,11-12H2,1-3H3. The first-order chi connectivity index (χ1) is 11.9. The molecule has 0 aliphatic rings. The van der Waals surface area contributed by atoms with Gasteiger partial charge in [-0.15, -0.1) is 0 Å². The summed E-state index contributed by atoms with van der Waals surface area (Å²) < 4.78 is 19.8. The van der Waals surface area contributed by atoms with Crippen LogP contribution in [0.2, 0.25) is 0 Å².